The van der Waals surface area contributed by atoms with Gasteiger partial charge >= 0.3 is 0 Å². The van der Waals surface area contributed by atoms with E-state index in [1.165, 1.54) is 4.68 Å². The van der Waals surface area contributed by atoms with Crippen molar-refractivity contribution in [3.05, 3.63) is 68.9 Å². The summed E-state index contributed by atoms with van der Waals surface area (Å²) < 4.78 is 2.12. The van der Waals surface area contributed by atoms with Crippen molar-refractivity contribution in [3.63, 3.8) is 0 Å². The van der Waals surface area contributed by atoms with Crippen molar-refractivity contribution >= 4 is 26.8 Å². The van der Waals surface area contributed by atoms with Gasteiger partial charge < -0.3 is 5.11 Å². The fraction of sp³-hybridized carbons (Fsp3) is 0.133. The van der Waals surface area contributed by atoms with Gasteiger partial charge in [0.1, 0.15) is 5.52 Å². The lowest BCUT2D eigenvalue weighted by Crippen LogP contribution is -2.27. The van der Waals surface area contributed by atoms with Crippen molar-refractivity contribution in [2.45, 2.75) is 12.6 Å². The summed E-state index contributed by atoms with van der Waals surface area (Å²) in [5.74, 6) is 0. The van der Waals surface area contributed by atoms with E-state index in [0.29, 0.717) is 10.9 Å². The molecule has 0 aliphatic heterocycles. The molecule has 6 heteroatoms. The van der Waals surface area contributed by atoms with Crippen LogP contribution in [-0.2, 0) is 6.54 Å². The molecule has 0 saturated carbocycles. The minimum Gasteiger partial charge on any atom is -0.386 e. The predicted octanol–water partition coefficient (Wildman–Crippen LogP) is 2.29. The van der Waals surface area contributed by atoms with Gasteiger partial charge in [-0.15, -0.1) is 5.10 Å². The highest BCUT2D eigenvalue weighted by atomic mass is 79.9. The number of aliphatic hydroxyl groups is 1. The fourth-order valence-corrected chi connectivity index (χ4v) is 2.36. The standard InChI is InChI=1S/C15H12BrN3O2/c16-11-7-5-10(6-8-11)14(20)9-19-15(21)12-3-1-2-4-13(12)17-18-19/h1-8,14,20H,9H2. The highest BCUT2D eigenvalue weighted by Crippen LogP contribution is 2.17. The average Bonchev–Trinajstić information content (AvgIpc) is 2.51. The second kappa shape index (κ2) is 5.75. The average molecular weight is 346 g/mol. The van der Waals surface area contributed by atoms with Crippen LogP contribution in [-0.4, -0.2) is 20.1 Å². The van der Waals surface area contributed by atoms with Gasteiger partial charge in [0.2, 0.25) is 0 Å². The molecule has 21 heavy (non-hydrogen) atoms. The lowest BCUT2D eigenvalue weighted by Gasteiger charge is -2.12. The molecule has 0 spiro atoms. The van der Waals surface area contributed by atoms with E-state index < -0.39 is 6.10 Å². The van der Waals surface area contributed by atoms with Crippen molar-refractivity contribution in [1.29, 1.82) is 0 Å². The van der Waals surface area contributed by atoms with Gasteiger partial charge in [-0.05, 0) is 29.8 Å². The first kappa shape index (κ1) is 13.9. The smallest absolute Gasteiger partial charge is 0.277 e. The maximum absolute atomic E-state index is 12.3. The van der Waals surface area contributed by atoms with E-state index in [2.05, 4.69) is 26.2 Å². The second-order valence-electron chi connectivity index (χ2n) is 4.66. The Hall–Kier alpha value is -2.05. The van der Waals surface area contributed by atoms with Crippen LogP contribution in [0.4, 0.5) is 0 Å². The zero-order valence-corrected chi connectivity index (χ0v) is 12.6. The molecule has 1 atom stereocenters. The first-order valence-electron chi connectivity index (χ1n) is 6.41. The first-order valence-corrected chi connectivity index (χ1v) is 7.20. The Kier molecular flexibility index (Phi) is 3.81. The third kappa shape index (κ3) is 2.86. The summed E-state index contributed by atoms with van der Waals surface area (Å²) in [4.78, 5) is 12.3. The van der Waals surface area contributed by atoms with Gasteiger partial charge in [-0.25, -0.2) is 4.68 Å². The Morgan fingerprint density at radius 2 is 1.86 bits per heavy atom. The summed E-state index contributed by atoms with van der Waals surface area (Å²) in [6, 6.07) is 14.3. The fourth-order valence-electron chi connectivity index (χ4n) is 2.10. The largest absolute Gasteiger partial charge is 0.386 e. The molecule has 0 saturated heterocycles. The number of rotatable bonds is 3. The van der Waals surface area contributed by atoms with E-state index in [0.717, 1.165) is 10.0 Å². The summed E-state index contributed by atoms with van der Waals surface area (Å²) >= 11 is 3.34. The van der Waals surface area contributed by atoms with E-state index in [1.807, 2.05) is 12.1 Å². The maximum atomic E-state index is 12.3. The van der Waals surface area contributed by atoms with Crippen molar-refractivity contribution < 1.29 is 5.11 Å². The third-order valence-electron chi connectivity index (χ3n) is 3.23. The van der Waals surface area contributed by atoms with Crippen LogP contribution in [0.25, 0.3) is 10.9 Å². The summed E-state index contributed by atoms with van der Waals surface area (Å²) in [6.07, 6.45) is -0.814. The van der Waals surface area contributed by atoms with Crippen LogP contribution < -0.4 is 5.56 Å². The van der Waals surface area contributed by atoms with Crippen molar-refractivity contribution in [3.8, 4) is 0 Å². The topological polar surface area (TPSA) is 68.0 Å². The van der Waals surface area contributed by atoms with E-state index >= 15 is 0 Å². The molecule has 5 nitrogen and oxygen atoms in total. The van der Waals surface area contributed by atoms with Crippen LogP contribution in [0.15, 0.2) is 57.8 Å². The van der Waals surface area contributed by atoms with Gasteiger partial charge in [0, 0.05) is 4.47 Å². The van der Waals surface area contributed by atoms with E-state index in [1.54, 1.807) is 36.4 Å². The molecule has 0 amide bonds. The van der Waals surface area contributed by atoms with Crippen LogP contribution in [0.5, 0.6) is 0 Å². The molecule has 0 fully saturated rings. The maximum Gasteiger partial charge on any atom is 0.277 e. The van der Waals surface area contributed by atoms with Crippen molar-refractivity contribution in [2.24, 2.45) is 0 Å². The number of aliphatic hydroxyl groups excluding tert-OH is 1. The predicted molar refractivity (Wildman–Crippen MR) is 82.9 cm³/mol. The molecule has 2 aromatic carbocycles. The number of benzene rings is 2. The molecule has 1 unspecified atom stereocenters. The molecular weight excluding hydrogens is 334 g/mol. The molecule has 1 N–H and O–H groups in total. The molecule has 3 aromatic rings. The van der Waals surface area contributed by atoms with Gasteiger partial charge in [-0.2, -0.15) is 0 Å². The summed E-state index contributed by atoms with van der Waals surface area (Å²) in [6.45, 7) is 0.0678. The van der Waals surface area contributed by atoms with Crippen molar-refractivity contribution in [2.75, 3.05) is 0 Å². The van der Waals surface area contributed by atoms with Crippen LogP contribution in [0.3, 0.4) is 0 Å². The molecule has 1 heterocycles. The molecule has 3 rings (SSSR count). The Balaban J connectivity index is 1.93. The van der Waals surface area contributed by atoms with Crippen LogP contribution in [0.1, 0.15) is 11.7 Å². The quantitative estimate of drug-likeness (QED) is 0.790. The molecule has 0 aliphatic rings. The monoisotopic (exact) mass is 345 g/mol. The molecule has 0 radical (unpaired) electrons. The SMILES string of the molecule is O=c1c2ccccc2nnn1CC(O)c1ccc(Br)cc1. The lowest BCUT2D eigenvalue weighted by atomic mass is 10.1. The van der Waals surface area contributed by atoms with Gasteiger partial charge in [0.15, 0.2) is 0 Å². The van der Waals surface area contributed by atoms with Crippen molar-refractivity contribution in [1.82, 2.24) is 15.0 Å². The Morgan fingerprint density at radius 1 is 1.14 bits per heavy atom. The molecule has 106 valence electrons. The molecule has 0 bridgehead atoms. The number of halogens is 1. The van der Waals surface area contributed by atoms with E-state index in [9.17, 15) is 9.90 Å². The van der Waals surface area contributed by atoms with Gasteiger partial charge in [0.05, 0.1) is 18.0 Å². The van der Waals surface area contributed by atoms with Gasteiger partial charge in [-0.3, -0.25) is 4.79 Å². The van der Waals surface area contributed by atoms with E-state index in [-0.39, 0.29) is 12.1 Å². The zero-order valence-electron chi connectivity index (χ0n) is 11.0. The highest BCUT2D eigenvalue weighted by Gasteiger charge is 2.12. The molecule has 1 aromatic heterocycles. The summed E-state index contributed by atoms with van der Waals surface area (Å²) in [5, 5.41) is 18.6. The first-order chi connectivity index (χ1) is 10.1. The number of fused-ring (bicyclic) bond motifs is 1. The zero-order chi connectivity index (χ0) is 14.8. The Labute approximate surface area is 129 Å². The minimum atomic E-state index is -0.814. The number of aromatic nitrogens is 3. The van der Waals surface area contributed by atoms with Gasteiger partial charge in [-0.1, -0.05) is 45.4 Å². The van der Waals surface area contributed by atoms with Gasteiger partial charge in [0.25, 0.3) is 5.56 Å². The minimum absolute atomic E-state index is 0.0678. The number of hydrogen-bond acceptors (Lipinski definition) is 4. The second-order valence-corrected chi connectivity index (χ2v) is 5.58. The van der Waals surface area contributed by atoms with Crippen LogP contribution in [0.2, 0.25) is 0 Å². The lowest BCUT2D eigenvalue weighted by molar-refractivity contribution is 0.148. The summed E-state index contributed by atoms with van der Waals surface area (Å²) in [5.41, 5.74) is 1.02. The number of hydrogen-bond donors (Lipinski definition) is 1. The normalized spacial score (nSPS) is 12.5. The Morgan fingerprint density at radius 3 is 2.62 bits per heavy atom. The third-order valence-corrected chi connectivity index (χ3v) is 3.76. The van der Waals surface area contributed by atoms with Crippen LogP contribution in [0, 0.1) is 0 Å². The molecular formula is C15H12BrN3O2. The summed E-state index contributed by atoms with van der Waals surface area (Å²) in [7, 11) is 0. The molecule has 0 aliphatic carbocycles. The highest BCUT2D eigenvalue weighted by molar-refractivity contribution is 9.10. The Bertz CT molecular complexity index is 830. The van der Waals surface area contributed by atoms with Crippen LogP contribution >= 0.6 is 15.9 Å². The van der Waals surface area contributed by atoms with E-state index in [4.69, 9.17) is 0 Å². The number of nitrogens with zero attached hydrogens (tertiary/aromatic N) is 3.